The Morgan fingerprint density at radius 3 is 2.53 bits per heavy atom. The molecule has 0 saturated heterocycles. The molecule has 1 fully saturated rings. The standard InChI is InChI=1S/C22H24B2N4O2/c1-29-17-4-6-20(7-5-17)9-15-3-2-14(16-10-26-13-27-11-16)8-18(15)21(20)12-22(23,24)30-19(25)28-21/h2-3,8,10-11,13,17H,4-7,9,12H2,1H3,(H2,25,28). The van der Waals surface area contributed by atoms with E-state index in [0.717, 1.165) is 48.8 Å². The van der Waals surface area contributed by atoms with Crippen LogP contribution in [-0.4, -0.2) is 50.3 Å². The molecule has 8 heteroatoms. The normalized spacial score (nSPS) is 31.9. The number of hydrogen-bond acceptors (Lipinski definition) is 6. The van der Waals surface area contributed by atoms with Crippen LogP contribution < -0.4 is 5.73 Å². The summed E-state index contributed by atoms with van der Waals surface area (Å²) >= 11 is 0. The predicted molar refractivity (Wildman–Crippen MR) is 116 cm³/mol. The van der Waals surface area contributed by atoms with E-state index >= 15 is 0 Å². The van der Waals surface area contributed by atoms with Crippen molar-refractivity contribution in [1.82, 2.24) is 9.97 Å². The largest absolute Gasteiger partial charge is 0.479 e. The highest BCUT2D eigenvalue weighted by molar-refractivity contribution is 6.39. The van der Waals surface area contributed by atoms with Gasteiger partial charge in [0.25, 0.3) is 6.02 Å². The Bertz CT molecular complexity index is 990. The topological polar surface area (TPSA) is 82.6 Å². The molecule has 30 heavy (non-hydrogen) atoms. The molecule has 2 heterocycles. The molecule has 2 aromatic rings. The van der Waals surface area contributed by atoms with Gasteiger partial charge in [0.2, 0.25) is 0 Å². The van der Waals surface area contributed by atoms with Crippen LogP contribution in [0.5, 0.6) is 0 Å². The van der Waals surface area contributed by atoms with Gasteiger partial charge in [-0.05, 0) is 61.3 Å². The third-order valence-electron chi connectivity index (χ3n) is 7.21. The van der Waals surface area contributed by atoms with Crippen LogP contribution >= 0.6 is 0 Å². The molecular formula is C22H24B2N4O2. The maximum Gasteiger partial charge on any atom is 0.281 e. The first-order valence-corrected chi connectivity index (χ1v) is 10.4. The molecule has 2 aliphatic carbocycles. The molecule has 1 unspecified atom stereocenters. The van der Waals surface area contributed by atoms with E-state index in [0.29, 0.717) is 6.42 Å². The van der Waals surface area contributed by atoms with Crippen molar-refractivity contribution in [3.05, 3.63) is 48.0 Å². The molecule has 1 atom stereocenters. The summed E-state index contributed by atoms with van der Waals surface area (Å²) in [6.45, 7) is 0. The van der Waals surface area contributed by atoms with Crippen LogP contribution in [-0.2, 0) is 21.4 Å². The maximum atomic E-state index is 6.32. The molecule has 150 valence electrons. The van der Waals surface area contributed by atoms with Crippen molar-refractivity contribution < 1.29 is 9.47 Å². The fourth-order valence-electron chi connectivity index (χ4n) is 5.85. The maximum absolute atomic E-state index is 6.32. The van der Waals surface area contributed by atoms with Crippen LogP contribution in [0.2, 0.25) is 0 Å². The zero-order valence-corrected chi connectivity index (χ0v) is 17.2. The van der Waals surface area contributed by atoms with Crippen LogP contribution in [0.4, 0.5) is 0 Å². The van der Waals surface area contributed by atoms with Crippen molar-refractivity contribution in [3.8, 4) is 11.1 Å². The average Bonchev–Trinajstić information content (AvgIpc) is 2.95. The number of nitrogens with zero attached hydrogens (tertiary/aromatic N) is 3. The molecule has 2 N–H and O–H groups in total. The second-order valence-electron chi connectivity index (χ2n) is 8.94. The lowest BCUT2D eigenvalue weighted by molar-refractivity contribution is -0.0226. The van der Waals surface area contributed by atoms with E-state index in [9.17, 15) is 0 Å². The molecule has 3 aliphatic rings. The third-order valence-corrected chi connectivity index (χ3v) is 7.21. The lowest BCUT2D eigenvalue weighted by Gasteiger charge is -2.52. The number of rotatable bonds is 2. The van der Waals surface area contributed by atoms with Crippen LogP contribution in [0.25, 0.3) is 11.1 Å². The lowest BCUT2D eigenvalue weighted by Crippen LogP contribution is -2.56. The van der Waals surface area contributed by atoms with Gasteiger partial charge in [-0.15, -0.1) is 0 Å². The van der Waals surface area contributed by atoms with Crippen LogP contribution in [0.3, 0.4) is 0 Å². The number of nitrogens with two attached hydrogens (primary N) is 1. The van der Waals surface area contributed by atoms with Crippen LogP contribution in [0, 0.1) is 5.41 Å². The summed E-state index contributed by atoms with van der Waals surface area (Å²) in [6.07, 6.45) is 10.6. The van der Waals surface area contributed by atoms with Gasteiger partial charge in [-0.2, -0.15) is 0 Å². The number of benzene rings is 1. The molecule has 5 rings (SSSR count). The second kappa shape index (κ2) is 6.84. The van der Waals surface area contributed by atoms with Crippen molar-refractivity contribution in [1.29, 1.82) is 0 Å². The van der Waals surface area contributed by atoms with Crippen molar-refractivity contribution in [2.24, 2.45) is 16.1 Å². The van der Waals surface area contributed by atoms with Gasteiger partial charge in [0.1, 0.15) is 22.0 Å². The van der Waals surface area contributed by atoms with E-state index < -0.39 is 10.9 Å². The summed E-state index contributed by atoms with van der Waals surface area (Å²) in [5.41, 5.74) is 9.78. The van der Waals surface area contributed by atoms with E-state index in [2.05, 4.69) is 28.2 Å². The number of aromatic nitrogens is 2. The Morgan fingerprint density at radius 2 is 1.87 bits per heavy atom. The van der Waals surface area contributed by atoms with Crippen LogP contribution in [0.1, 0.15) is 43.2 Å². The number of ether oxygens (including phenoxy) is 2. The molecular weight excluding hydrogens is 374 g/mol. The molecule has 1 aromatic carbocycles. The number of hydrogen-bond donors (Lipinski definition) is 1. The fourth-order valence-corrected chi connectivity index (χ4v) is 5.85. The first kappa shape index (κ1) is 19.6. The average molecular weight is 398 g/mol. The minimum atomic E-state index is -1.37. The minimum Gasteiger partial charge on any atom is -0.479 e. The van der Waals surface area contributed by atoms with E-state index in [-0.39, 0.29) is 17.5 Å². The lowest BCUT2D eigenvalue weighted by atomic mass is 9.52. The molecule has 1 aliphatic heterocycles. The number of fused-ring (bicyclic) bond motifs is 3. The van der Waals surface area contributed by atoms with Crippen LogP contribution in [0.15, 0.2) is 41.9 Å². The zero-order chi connectivity index (χ0) is 21.0. The summed E-state index contributed by atoms with van der Waals surface area (Å²) < 4.78 is 11.1. The number of aliphatic imine (C=N–C) groups is 1. The summed E-state index contributed by atoms with van der Waals surface area (Å²) in [6, 6.07) is 6.55. The Kier molecular flexibility index (Phi) is 4.47. The Hall–Kier alpha value is -2.34. The van der Waals surface area contributed by atoms with E-state index in [1.165, 1.54) is 11.9 Å². The van der Waals surface area contributed by atoms with Gasteiger partial charge in [-0.3, -0.25) is 0 Å². The van der Waals surface area contributed by atoms with Gasteiger partial charge in [0.15, 0.2) is 0 Å². The molecule has 4 radical (unpaired) electrons. The van der Waals surface area contributed by atoms with Gasteiger partial charge >= 0.3 is 0 Å². The second-order valence-corrected chi connectivity index (χ2v) is 8.94. The molecule has 1 aromatic heterocycles. The minimum absolute atomic E-state index is 0.0563. The molecule has 6 nitrogen and oxygen atoms in total. The highest BCUT2D eigenvalue weighted by atomic mass is 16.5. The third kappa shape index (κ3) is 2.96. The first-order chi connectivity index (χ1) is 14.4. The van der Waals surface area contributed by atoms with Crippen molar-refractivity contribution in [3.63, 3.8) is 0 Å². The zero-order valence-electron chi connectivity index (χ0n) is 17.2. The molecule has 2 spiro atoms. The molecule has 1 saturated carbocycles. The van der Waals surface area contributed by atoms with Crippen molar-refractivity contribution >= 4 is 21.7 Å². The SMILES string of the molecule is [B]C1([B])CC2(N=C(N)O1)c1cc(-c3cncnc3)ccc1CC21CCC(OC)CC1. The number of amidine groups is 1. The van der Waals surface area contributed by atoms with Crippen molar-refractivity contribution in [2.75, 3.05) is 7.11 Å². The molecule has 0 bridgehead atoms. The van der Waals surface area contributed by atoms with E-state index in [4.69, 9.17) is 35.9 Å². The van der Waals surface area contributed by atoms with Gasteiger partial charge in [-0.25, -0.2) is 15.0 Å². The van der Waals surface area contributed by atoms with Gasteiger partial charge in [0, 0.05) is 35.9 Å². The van der Waals surface area contributed by atoms with Gasteiger partial charge in [0.05, 0.1) is 11.6 Å². The monoisotopic (exact) mass is 398 g/mol. The summed E-state index contributed by atoms with van der Waals surface area (Å²) in [5, 5.41) is -1.37. The highest BCUT2D eigenvalue weighted by Gasteiger charge is 2.61. The number of methoxy groups -OCH3 is 1. The Morgan fingerprint density at radius 1 is 1.13 bits per heavy atom. The summed E-state index contributed by atoms with van der Waals surface area (Å²) in [7, 11) is 14.4. The van der Waals surface area contributed by atoms with Crippen molar-refractivity contribution in [2.45, 2.75) is 55.6 Å². The molecule has 0 amide bonds. The quantitative estimate of drug-likeness (QED) is 0.785. The van der Waals surface area contributed by atoms with E-state index in [1.54, 1.807) is 7.11 Å². The Labute approximate surface area is 179 Å². The van der Waals surface area contributed by atoms with Gasteiger partial charge < -0.3 is 15.2 Å². The fraction of sp³-hybridized carbons (Fsp3) is 0.500. The Balaban J connectivity index is 1.67. The summed E-state index contributed by atoms with van der Waals surface area (Å²) in [4.78, 5) is 13.3. The smallest absolute Gasteiger partial charge is 0.281 e. The highest BCUT2D eigenvalue weighted by Crippen LogP contribution is 2.63. The summed E-state index contributed by atoms with van der Waals surface area (Å²) in [5.74, 6) is 0. The predicted octanol–water partition coefficient (Wildman–Crippen LogP) is 2.20. The van der Waals surface area contributed by atoms with Gasteiger partial charge in [-0.1, -0.05) is 12.1 Å². The van der Waals surface area contributed by atoms with E-state index in [1.807, 2.05) is 12.4 Å². The first-order valence-electron chi connectivity index (χ1n) is 10.4.